The maximum absolute atomic E-state index is 11.8. The molecule has 0 aliphatic carbocycles. The first-order chi connectivity index (χ1) is 7.36. The van der Waals surface area contributed by atoms with Crippen LogP contribution in [0.25, 0.3) is 0 Å². The second kappa shape index (κ2) is 6.32. The van der Waals surface area contributed by atoms with E-state index < -0.39 is 12.0 Å². The molecule has 0 aliphatic rings. The Balaban J connectivity index is 4.71. The van der Waals surface area contributed by atoms with Crippen molar-refractivity contribution in [3.8, 4) is 0 Å². The fraction of sp³-hybridized carbons (Fsp3) is 0.800. The standard InChI is InChI=1S/C10H20N2O4/c1-6-8(11(3)10(14)15)7(2)9(13)12(4)16-5/h7-8H,6H2,1-5H3,(H,14,15)/t7-,8?/m1/s1. The highest BCUT2D eigenvalue weighted by Crippen LogP contribution is 2.16. The summed E-state index contributed by atoms with van der Waals surface area (Å²) in [6, 6.07) is -0.345. The molecular formula is C10H20N2O4. The smallest absolute Gasteiger partial charge is 0.407 e. The molecule has 0 heterocycles. The van der Waals surface area contributed by atoms with Crippen LogP contribution in [0.15, 0.2) is 0 Å². The minimum absolute atomic E-state index is 0.234. The Morgan fingerprint density at radius 2 is 1.88 bits per heavy atom. The Hall–Kier alpha value is -1.30. The zero-order valence-corrected chi connectivity index (χ0v) is 10.4. The van der Waals surface area contributed by atoms with Crippen molar-refractivity contribution in [1.29, 1.82) is 0 Å². The monoisotopic (exact) mass is 232 g/mol. The fourth-order valence-electron chi connectivity index (χ4n) is 1.65. The number of carboxylic acid groups (broad SMARTS) is 1. The lowest BCUT2D eigenvalue weighted by Crippen LogP contribution is -2.46. The largest absolute Gasteiger partial charge is 0.465 e. The summed E-state index contributed by atoms with van der Waals surface area (Å²) >= 11 is 0. The number of carbonyl (C=O) groups excluding carboxylic acids is 1. The van der Waals surface area contributed by atoms with Gasteiger partial charge in [0.15, 0.2) is 0 Å². The summed E-state index contributed by atoms with van der Waals surface area (Å²) in [6.07, 6.45) is -0.459. The summed E-state index contributed by atoms with van der Waals surface area (Å²) in [6.45, 7) is 3.55. The molecule has 1 N–H and O–H groups in total. The summed E-state index contributed by atoms with van der Waals surface area (Å²) in [5.41, 5.74) is 0. The second-order valence-corrected chi connectivity index (χ2v) is 3.68. The van der Waals surface area contributed by atoms with Crippen LogP contribution in [0.5, 0.6) is 0 Å². The van der Waals surface area contributed by atoms with E-state index in [0.717, 1.165) is 9.96 Å². The van der Waals surface area contributed by atoms with Gasteiger partial charge in [0, 0.05) is 20.1 Å². The summed E-state index contributed by atoms with van der Waals surface area (Å²) in [5, 5.41) is 9.99. The zero-order chi connectivity index (χ0) is 12.9. The normalized spacial score (nSPS) is 14.1. The second-order valence-electron chi connectivity index (χ2n) is 3.68. The molecule has 6 heteroatoms. The van der Waals surface area contributed by atoms with Crippen LogP contribution in [0, 0.1) is 5.92 Å². The third-order valence-electron chi connectivity index (χ3n) is 2.77. The number of carbonyl (C=O) groups is 2. The van der Waals surface area contributed by atoms with Gasteiger partial charge in [0.2, 0.25) is 0 Å². The van der Waals surface area contributed by atoms with E-state index >= 15 is 0 Å². The van der Waals surface area contributed by atoms with E-state index in [-0.39, 0.29) is 11.9 Å². The molecule has 0 aromatic rings. The van der Waals surface area contributed by atoms with Crippen LogP contribution < -0.4 is 0 Å². The first-order valence-corrected chi connectivity index (χ1v) is 5.14. The molecule has 6 nitrogen and oxygen atoms in total. The first-order valence-electron chi connectivity index (χ1n) is 5.14. The fourth-order valence-corrected chi connectivity index (χ4v) is 1.65. The highest BCUT2D eigenvalue weighted by Gasteiger charge is 2.30. The van der Waals surface area contributed by atoms with Crippen molar-refractivity contribution in [3.63, 3.8) is 0 Å². The molecule has 0 aliphatic heterocycles. The molecule has 2 atom stereocenters. The van der Waals surface area contributed by atoms with Crippen molar-refractivity contribution < 1.29 is 19.5 Å². The third kappa shape index (κ3) is 3.37. The lowest BCUT2D eigenvalue weighted by molar-refractivity contribution is -0.174. The molecule has 0 rings (SSSR count). The van der Waals surface area contributed by atoms with Crippen molar-refractivity contribution in [1.82, 2.24) is 9.96 Å². The average molecular weight is 232 g/mol. The van der Waals surface area contributed by atoms with Gasteiger partial charge in [-0.05, 0) is 6.42 Å². The first kappa shape index (κ1) is 14.7. The van der Waals surface area contributed by atoms with E-state index in [1.807, 2.05) is 6.92 Å². The summed E-state index contributed by atoms with van der Waals surface area (Å²) in [5.74, 6) is -0.668. The van der Waals surface area contributed by atoms with Crippen LogP contribution in [0.1, 0.15) is 20.3 Å². The zero-order valence-electron chi connectivity index (χ0n) is 10.4. The van der Waals surface area contributed by atoms with Gasteiger partial charge < -0.3 is 10.0 Å². The number of nitrogens with zero attached hydrogens (tertiary/aromatic N) is 2. The van der Waals surface area contributed by atoms with E-state index in [0.29, 0.717) is 6.42 Å². The lowest BCUT2D eigenvalue weighted by Gasteiger charge is -2.30. The summed E-state index contributed by atoms with van der Waals surface area (Å²) in [4.78, 5) is 28.6. The van der Waals surface area contributed by atoms with Crippen LogP contribution in [0.2, 0.25) is 0 Å². The van der Waals surface area contributed by atoms with Crippen molar-refractivity contribution in [3.05, 3.63) is 0 Å². The SMILES string of the molecule is CCC([C@@H](C)C(=O)N(C)OC)N(C)C(=O)O. The van der Waals surface area contributed by atoms with E-state index in [1.54, 1.807) is 6.92 Å². The Kier molecular flexibility index (Phi) is 5.81. The van der Waals surface area contributed by atoms with Crippen molar-refractivity contribution in [2.45, 2.75) is 26.3 Å². The number of hydroxylamine groups is 2. The highest BCUT2D eigenvalue weighted by atomic mass is 16.7. The third-order valence-corrected chi connectivity index (χ3v) is 2.77. The predicted octanol–water partition coefficient (Wildman–Crippen LogP) is 1.03. The molecule has 94 valence electrons. The van der Waals surface area contributed by atoms with Gasteiger partial charge in [-0.2, -0.15) is 0 Å². The molecule has 16 heavy (non-hydrogen) atoms. The molecule has 0 bridgehead atoms. The molecule has 0 saturated heterocycles. The van der Waals surface area contributed by atoms with Gasteiger partial charge >= 0.3 is 6.09 Å². The average Bonchev–Trinajstić information content (AvgIpc) is 2.27. The van der Waals surface area contributed by atoms with Crippen LogP contribution in [-0.4, -0.2) is 54.3 Å². The minimum Gasteiger partial charge on any atom is -0.465 e. The van der Waals surface area contributed by atoms with E-state index in [4.69, 9.17) is 9.94 Å². The molecule has 1 unspecified atom stereocenters. The summed E-state index contributed by atoms with van der Waals surface area (Å²) in [7, 11) is 4.37. The molecule has 0 saturated carbocycles. The van der Waals surface area contributed by atoms with E-state index in [2.05, 4.69) is 0 Å². The molecular weight excluding hydrogens is 212 g/mol. The van der Waals surface area contributed by atoms with Gasteiger partial charge in [0.1, 0.15) is 0 Å². The molecule has 2 amide bonds. The van der Waals surface area contributed by atoms with Crippen molar-refractivity contribution in [2.24, 2.45) is 5.92 Å². The van der Waals surface area contributed by atoms with E-state index in [9.17, 15) is 9.59 Å². The quantitative estimate of drug-likeness (QED) is 0.719. The maximum Gasteiger partial charge on any atom is 0.407 e. The van der Waals surface area contributed by atoms with Crippen LogP contribution in [-0.2, 0) is 9.63 Å². The highest BCUT2D eigenvalue weighted by molar-refractivity contribution is 5.78. The van der Waals surface area contributed by atoms with E-state index in [1.165, 1.54) is 21.2 Å². The van der Waals surface area contributed by atoms with Gasteiger partial charge in [0.25, 0.3) is 5.91 Å². The molecule has 0 radical (unpaired) electrons. The van der Waals surface area contributed by atoms with Crippen LogP contribution in [0.4, 0.5) is 4.79 Å². The van der Waals surface area contributed by atoms with Crippen molar-refractivity contribution >= 4 is 12.0 Å². The predicted molar refractivity (Wildman–Crippen MR) is 58.8 cm³/mol. The Morgan fingerprint density at radius 3 is 2.19 bits per heavy atom. The van der Waals surface area contributed by atoms with Gasteiger partial charge in [-0.1, -0.05) is 13.8 Å². The number of hydrogen-bond acceptors (Lipinski definition) is 3. The van der Waals surface area contributed by atoms with Crippen LogP contribution in [0.3, 0.4) is 0 Å². The summed E-state index contributed by atoms with van der Waals surface area (Å²) < 4.78 is 0. The Labute approximate surface area is 95.7 Å². The van der Waals surface area contributed by atoms with Gasteiger partial charge in [0.05, 0.1) is 13.0 Å². The topological polar surface area (TPSA) is 70.1 Å². The Bertz CT molecular complexity index is 257. The van der Waals surface area contributed by atoms with Crippen LogP contribution >= 0.6 is 0 Å². The molecule has 0 aromatic carbocycles. The number of rotatable bonds is 5. The Morgan fingerprint density at radius 1 is 1.38 bits per heavy atom. The number of amides is 2. The van der Waals surface area contributed by atoms with Gasteiger partial charge in [-0.3, -0.25) is 9.63 Å². The number of hydrogen-bond donors (Lipinski definition) is 1. The molecule has 0 fully saturated rings. The lowest BCUT2D eigenvalue weighted by atomic mass is 9.97. The maximum atomic E-state index is 11.8. The van der Waals surface area contributed by atoms with Crippen molar-refractivity contribution in [2.75, 3.05) is 21.2 Å². The molecule has 0 aromatic heterocycles. The molecule has 0 spiro atoms. The van der Waals surface area contributed by atoms with Gasteiger partial charge in [-0.15, -0.1) is 0 Å². The minimum atomic E-state index is -1.04. The van der Waals surface area contributed by atoms with Gasteiger partial charge in [-0.25, -0.2) is 9.86 Å².